The molecule has 1 aromatic carbocycles. The van der Waals surface area contributed by atoms with Gasteiger partial charge in [-0.3, -0.25) is 0 Å². The van der Waals surface area contributed by atoms with Gasteiger partial charge in [0.25, 0.3) is 0 Å². The first-order valence-corrected chi connectivity index (χ1v) is 8.69. The lowest BCUT2D eigenvalue weighted by Crippen LogP contribution is -2.39. The van der Waals surface area contributed by atoms with Crippen LogP contribution >= 0.6 is 0 Å². The molecule has 1 aromatic rings. The summed E-state index contributed by atoms with van der Waals surface area (Å²) < 4.78 is 41.2. The Hall–Kier alpha value is -1.14. The normalized spacial score (nSPS) is 20.4. The Morgan fingerprint density at radius 3 is 2.57 bits per heavy atom. The third-order valence-corrected chi connectivity index (χ3v) is 6.50. The van der Waals surface area contributed by atoms with Crippen LogP contribution in [0.1, 0.15) is 37.8 Å². The summed E-state index contributed by atoms with van der Waals surface area (Å²) in [5, 5.41) is 0. The molecular weight excluding hydrogens is 291 g/mol. The van der Waals surface area contributed by atoms with Crippen LogP contribution in [0.4, 0.5) is 10.1 Å². The van der Waals surface area contributed by atoms with Gasteiger partial charge in [-0.2, -0.15) is 4.31 Å². The van der Waals surface area contributed by atoms with Gasteiger partial charge in [-0.1, -0.05) is 13.8 Å². The molecule has 1 aliphatic heterocycles. The number of sulfonamides is 1. The molecule has 118 valence electrons. The molecule has 1 aliphatic rings. The van der Waals surface area contributed by atoms with E-state index in [0.717, 1.165) is 12.8 Å². The first-order chi connectivity index (χ1) is 9.67. The quantitative estimate of drug-likeness (QED) is 0.873. The molecule has 2 rings (SSSR count). The highest BCUT2D eigenvalue weighted by Crippen LogP contribution is 2.35. The number of benzene rings is 1. The van der Waals surface area contributed by atoms with Crippen molar-refractivity contribution in [3.05, 3.63) is 23.0 Å². The maximum Gasteiger partial charge on any atom is 0.243 e. The van der Waals surface area contributed by atoms with Gasteiger partial charge in [0.2, 0.25) is 10.0 Å². The summed E-state index contributed by atoms with van der Waals surface area (Å²) in [4.78, 5) is 0.161. The highest BCUT2D eigenvalue weighted by Gasteiger charge is 2.38. The zero-order chi connectivity index (χ0) is 15.9. The Labute approximate surface area is 126 Å². The molecule has 1 fully saturated rings. The van der Waals surface area contributed by atoms with Crippen LogP contribution in [-0.4, -0.2) is 25.3 Å². The SMILES string of the molecule is Cc1cc(F)c(N)c(C)c1S(=O)(=O)N1CCCC1C(C)C. The van der Waals surface area contributed by atoms with E-state index in [1.165, 1.54) is 6.07 Å². The first kappa shape index (κ1) is 16.2. The number of rotatable bonds is 3. The summed E-state index contributed by atoms with van der Waals surface area (Å²) in [7, 11) is -3.65. The van der Waals surface area contributed by atoms with Crippen molar-refractivity contribution in [3.8, 4) is 0 Å². The highest BCUT2D eigenvalue weighted by molar-refractivity contribution is 7.89. The second-order valence-electron chi connectivity index (χ2n) is 6.11. The topological polar surface area (TPSA) is 63.4 Å². The van der Waals surface area contributed by atoms with E-state index in [0.29, 0.717) is 17.7 Å². The van der Waals surface area contributed by atoms with Gasteiger partial charge in [-0.15, -0.1) is 0 Å². The fraction of sp³-hybridized carbons (Fsp3) is 0.600. The zero-order valence-electron chi connectivity index (χ0n) is 13.0. The third kappa shape index (κ3) is 2.66. The van der Waals surface area contributed by atoms with E-state index in [9.17, 15) is 12.8 Å². The molecule has 1 unspecified atom stereocenters. The van der Waals surface area contributed by atoms with Gasteiger partial charge >= 0.3 is 0 Å². The molecule has 21 heavy (non-hydrogen) atoms. The average molecular weight is 314 g/mol. The molecule has 0 saturated carbocycles. The minimum Gasteiger partial charge on any atom is -0.396 e. The molecule has 1 heterocycles. The lowest BCUT2D eigenvalue weighted by atomic mass is 10.0. The Kier molecular flexibility index (Phi) is 4.31. The van der Waals surface area contributed by atoms with Crippen LogP contribution in [-0.2, 0) is 10.0 Å². The molecule has 4 nitrogen and oxygen atoms in total. The van der Waals surface area contributed by atoms with Crippen LogP contribution in [0, 0.1) is 25.6 Å². The number of halogens is 1. The van der Waals surface area contributed by atoms with Gasteiger partial charge < -0.3 is 5.73 Å². The monoisotopic (exact) mass is 314 g/mol. The Morgan fingerprint density at radius 2 is 2.00 bits per heavy atom. The van der Waals surface area contributed by atoms with E-state index in [1.54, 1.807) is 18.2 Å². The summed E-state index contributed by atoms with van der Waals surface area (Å²) in [6.45, 7) is 7.75. The van der Waals surface area contributed by atoms with Crippen molar-refractivity contribution < 1.29 is 12.8 Å². The molecule has 0 radical (unpaired) electrons. The molecule has 1 saturated heterocycles. The molecule has 0 bridgehead atoms. The Morgan fingerprint density at radius 1 is 1.38 bits per heavy atom. The van der Waals surface area contributed by atoms with Gasteiger partial charge in [0.05, 0.1) is 10.6 Å². The number of nitrogens with zero attached hydrogens (tertiary/aromatic N) is 1. The van der Waals surface area contributed by atoms with Gasteiger partial charge in [0.1, 0.15) is 5.82 Å². The van der Waals surface area contributed by atoms with Gasteiger partial charge in [0.15, 0.2) is 0 Å². The fourth-order valence-corrected chi connectivity index (χ4v) is 5.45. The number of anilines is 1. The van der Waals surface area contributed by atoms with Crippen molar-refractivity contribution in [1.82, 2.24) is 4.31 Å². The molecule has 2 N–H and O–H groups in total. The van der Waals surface area contributed by atoms with Crippen molar-refractivity contribution >= 4 is 15.7 Å². The summed E-state index contributed by atoms with van der Waals surface area (Å²) in [5.74, 6) is -0.313. The summed E-state index contributed by atoms with van der Waals surface area (Å²) in [5.41, 5.74) is 6.32. The second kappa shape index (κ2) is 5.57. The molecule has 1 atom stereocenters. The van der Waals surface area contributed by atoms with E-state index >= 15 is 0 Å². The van der Waals surface area contributed by atoms with Crippen molar-refractivity contribution in [3.63, 3.8) is 0 Å². The predicted octanol–water partition coefficient (Wildman–Crippen LogP) is 2.83. The highest BCUT2D eigenvalue weighted by atomic mass is 32.2. The van der Waals surface area contributed by atoms with Crippen LogP contribution in [0.5, 0.6) is 0 Å². The number of aryl methyl sites for hydroxylation is 1. The maximum atomic E-state index is 13.7. The molecule has 0 aliphatic carbocycles. The van der Waals surface area contributed by atoms with Crippen molar-refractivity contribution in [2.45, 2.75) is 51.5 Å². The third-order valence-electron chi connectivity index (χ3n) is 4.29. The maximum absolute atomic E-state index is 13.7. The molecular formula is C15H23FN2O2S. The van der Waals surface area contributed by atoms with E-state index < -0.39 is 15.8 Å². The number of nitrogens with two attached hydrogens (primary N) is 1. The van der Waals surface area contributed by atoms with Gasteiger partial charge in [-0.25, -0.2) is 12.8 Å². The largest absolute Gasteiger partial charge is 0.396 e. The fourth-order valence-electron chi connectivity index (χ4n) is 3.18. The minimum absolute atomic E-state index is 0.0000718. The lowest BCUT2D eigenvalue weighted by Gasteiger charge is -2.28. The Bertz CT molecular complexity index is 656. The molecule has 0 amide bonds. The number of nitrogen functional groups attached to an aromatic ring is 1. The second-order valence-corrected chi connectivity index (χ2v) is 7.94. The van der Waals surface area contributed by atoms with E-state index in [-0.39, 0.29) is 22.5 Å². The summed E-state index contributed by atoms with van der Waals surface area (Å²) in [6.07, 6.45) is 1.72. The van der Waals surface area contributed by atoms with E-state index in [4.69, 9.17) is 5.73 Å². The zero-order valence-corrected chi connectivity index (χ0v) is 13.8. The van der Waals surface area contributed by atoms with Crippen LogP contribution in [0.3, 0.4) is 0 Å². The minimum atomic E-state index is -3.65. The summed E-state index contributed by atoms with van der Waals surface area (Å²) in [6, 6.07) is 1.20. The van der Waals surface area contributed by atoms with E-state index in [2.05, 4.69) is 0 Å². The number of hydrogen-bond donors (Lipinski definition) is 1. The standard InChI is InChI=1S/C15H23FN2O2S/c1-9(2)13-6-5-7-18(13)21(19,20)15-10(3)8-12(16)14(17)11(15)4/h8-9,13H,5-7,17H2,1-4H3. The van der Waals surface area contributed by atoms with Crippen LogP contribution in [0.2, 0.25) is 0 Å². The Balaban J connectivity index is 2.58. The molecule has 0 spiro atoms. The van der Waals surface area contributed by atoms with E-state index in [1.807, 2.05) is 13.8 Å². The summed E-state index contributed by atoms with van der Waals surface area (Å²) >= 11 is 0. The molecule has 0 aromatic heterocycles. The van der Waals surface area contributed by atoms with Crippen molar-refractivity contribution in [2.75, 3.05) is 12.3 Å². The predicted molar refractivity (Wildman–Crippen MR) is 82.0 cm³/mol. The smallest absolute Gasteiger partial charge is 0.243 e. The first-order valence-electron chi connectivity index (χ1n) is 7.25. The van der Waals surface area contributed by atoms with Gasteiger partial charge in [0, 0.05) is 12.6 Å². The van der Waals surface area contributed by atoms with Crippen molar-refractivity contribution in [1.29, 1.82) is 0 Å². The van der Waals surface area contributed by atoms with Crippen LogP contribution < -0.4 is 5.73 Å². The average Bonchev–Trinajstić information content (AvgIpc) is 2.85. The van der Waals surface area contributed by atoms with Crippen LogP contribution in [0.25, 0.3) is 0 Å². The van der Waals surface area contributed by atoms with Gasteiger partial charge in [-0.05, 0) is 49.8 Å². The number of hydrogen-bond acceptors (Lipinski definition) is 3. The van der Waals surface area contributed by atoms with Crippen molar-refractivity contribution in [2.24, 2.45) is 5.92 Å². The van der Waals surface area contributed by atoms with Crippen LogP contribution in [0.15, 0.2) is 11.0 Å². The molecule has 6 heteroatoms. The lowest BCUT2D eigenvalue weighted by molar-refractivity contribution is 0.315.